The van der Waals surface area contributed by atoms with Crippen LogP contribution in [-0.4, -0.2) is 36.6 Å². The Labute approximate surface area is 95.9 Å². The van der Waals surface area contributed by atoms with Gasteiger partial charge in [-0.2, -0.15) is 0 Å². The highest BCUT2D eigenvalue weighted by Gasteiger charge is 2.23. The molecule has 0 bridgehead atoms. The van der Waals surface area contributed by atoms with Gasteiger partial charge in [-0.1, -0.05) is 35.9 Å². The van der Waals surface area contributed by atoms with Crippen molar-refractivity contribution in [1.82, 2.24) is 10.2 Å². The number of rotatable bonds is 4. The van der Waals surface area contributed by atoms with Crippen LogP contribution >= 0.6 is 15.9 Å². The third-order valence-corrected chi connectivity index (χ3v) is 3.04. The first kappa shape index (κ1) is 12.2. The number of nitrogens with zero attached hydrogens (tertiary/aromatic N) is 1. The fourth-order valence-corrected chi connectivity index (χ4v) is 2.30. The molecule has 2 unspecified atom stereocenters. The Bertz CT molecular complexity index is 194. The highest BCUT2D eigenvalue weighted by Crippen LogP contribution is 2.13. The molecule has 1 N–H and O–H groups in total. The van der Waals surface area contributed by atoms with E-state index in [1.165, 1.54) is 12.8 Å². The monoisotopic (exact) mass is 260 g/mol. The predicted molar refractivity (Wildman–Crippen MR) is 65.8 cm³/mol. The zero-order valence-electron chi connectivity index (χ0n) is 9.22. The second kappa shape index (κ2) is 5.89. The normalized spacial score (nSPS) is 29.1. The zero-order chi connectivity index (χ0) is 10.6. The van der Waals surface area contributed by atoms with Crippen molar-refractivity contribution in [2.24, 2.45) is 0 Å². The molecule has 1 heterocycles. The lowest BCUT2D eigenvalue weighted by molar-refractivity contribution is 0.151. The first-order chi connectivity index (χ1) is 6.63. The molecule has 14 heavy (non-hydrogen) atoms. The van der Waals surface area contributed by atoms with Crippen molar-refractivity contribution in [3.05, 3.63) is 11.1 Å². The van der Waals surface area contributed by atoms with E-state index < -0.39 is 0 Å². The Hall–Kier alpha value is 0.140. The Morgan fingerprint density at radius 3 is 2.93 bits per heavy atom. The zero-order valence-corrected chi connectivity index (χ0v) is 10.8. The van der Waals surface area contributed by atoms with Crippen molar-refractivity contribution in [3.63, 3.8) is 0 Å². The van der Waals surface area contributed by atoms with Gasteiger partial charge >= 0.3 is 0 Å². The summed E-state index contributed by atoms with van der Waals surface area (Å²) in [4.78, 5) is 2.49. The molecular formula is C11H21BrN2. The Morgan fingerprint density at radius 2 is 2.36 bits per heavy atom. The SMILES string of the molecule is C=C(Br)CN1CC(CCC)NCC1C. The lowest BCUT2D eigenvalue weighted by Crippen LogP contribution is -2.55. The average Bonchev–Trinajstić information content (AvgIpc) is 2.10. The fraction of sp³-hybridized carbons (Fsp3) is 0.818. The maximum atomic E-state index is 3.91. The van der Waals surface area contributed by atoms with Gasteiger partial charge in [-0.3, -0.25) is 4.90 Å². The minimum Gasteiger partial charge on any atom is -0.311 e. The number of hydrogen-bond donors (Lipinski definition) is 1. The summed E-state index contributed by atoms with van der Waals surface area (Å²) < 4.78 is 1.08. The summed E-state index contributed by atoms with van der Waals surface area (Å²) >= 11 is 3.44. The summed E-state index contributed by atoms with van der Waals surface area (Å²) in [6, 6.07) is 1.29. The molecule has 0 aromatic heterocycles. The minimum atomic E-state index is 0.623. The molecule has 0 amide bonds. The van der Waals surface area contributed by atoms with Crippen LogP contribution in [0.5, 0.6) is 0 Å². The Balaban J connectivity index is 2.42. The minimum absolute atomic E-state index is 0.623. The summed E-state index contributed by atoms with van der Waals surface area (Å²) in [6.07, 6.45) is 2.53. The van der Waals surface area contributed by atoms with Crippen LogP contribution in [0.4, 0.5) is 0 Å². The standard InChI is InChI=1S/C11H21BrN2/c1-4-5-11-8-14(7-9(2)12)10(3)6-13-11/h10-11,13H,2,4-8H2,1,3H3. The summed E-state index contributed by atoms with van der Waals surface area (Å²) in [7, 11) is 0. The number of halogens is 1. The molecular weight excluding hydrogens is 240 g/mol. The third-order valence-electron chi connectivity index (χ3n) is 2.79. The summed E-state index contributed by atoms with van der Waals surface area (Å²) in [6.45, 7) is 11.7. The highest BCUT2D eigenvalue weighted by molar-refractivity contribution is 9.11. The Kier molecular flexibility index (Phi) is 5.13. The fourth-order valence-electron chi connectivity index (χ4n) is 1.98. The van der Waals surface area contributed by atoms with Gasteiger partial charge < -0.3 is 5.32 Å². The van der Waals surface area contributed by atoms with Crippen molar-refractivity contribution in [2.75, 3.05) is 19.6 Å². The van der Waals surface area contributed by atoms with E-state index in [9.17, 15) is 0 Å². The van der Waals surface area contributed by atoms with Gasteiger partial charge in [0, 0.05) is 36.2 Å². The highest BCUT2D eigenvalue weighted by atomic mass is 79.9. The molecule has 1 rings (SSSR count). The Morgan fingerprint density at radius 1 is 1.64 bits per heavy atom. The summed E-state index contributed by atoms with van der Waals surface area (Å²) in [5, 5.41) is 3.59. The van der Waals surface area contributed by atoms with Crippen LogP contribution in [0.15, 0.2) is 11.1 Å². The molecule has 1 aliphatic heterocycles. The van der Waals surface area contributed by atoms with Crippen molar-refractivity contribution in [2.45, 2.75) is 38.8 Å². The van der Waals surface area contributed by atoms with Gasteiger partial charge in [-0.25, -0.2) is 0 Å². The maximum Gasteiger partial charge on any atom is 0.0297 e. The van der Waals surface area contributed by atoms with Gasteiger partial charge in [0.15, 0.2) is 0 Å². The van der Waals surface area contributed by atoms with Crippen LogP contribution in [0.1, 0.15) is 26.7 Å². The van der Waals surface area contributed by atoms with Crippen molar-refractivity contribution < 1.29 is 0 Å². The number of nitrogens with one attached hydrogen (secondary N) is 1. The molecule has 0 spiro atoms. The quantitative estimate of drug-likeness (QED) is 0.835. The van der Waals surface area contributed by atoms with E-state index in [1.54, 1.807) is 0 Å². The topological polar surface area (TPSA) is 15.3 Å². The molecule has 2 atom stereocenters. The first-order valence-electron chi connectivity index (χ1n) is 5.44. The van der Waals surface area contributed by atoms with E-state index >= 15 is 0 Å². The second-order valence-electron chi connectivity index (χ2n) is 4.19. The molecule has 2 nitrogen and oxygen atoms in total. The van der Waals surface area contributed by atoms with Crippen molar-refractivity contribution in [1.29, 1.82) is 0 Å². The lowest BCUT2D eigenvalue weighted by Gasteiger charge is -2.38. The van der Waals surface area contributed by atoms with E-state index in [0.29, 0.717) is 12.1 Å². The van der Waals surface area contributed by atoms with Crippen LogP contribution in [0.2, 0.25) is 0 Å². The van der Waals surface area contributed by atoms with Gasteiger partial charge in [0.1, 0.15) is 0 Å². The van der Waals surface area contributed by atoms with Gasteiger partial charge in [-0.05, 0) is 13.3 Å². The van der Waals surface area contributed by atoms with E-state index in [4.69, 9.17) is 0 Å². The van der Waals surface area contributed by atoms with Crippen LogP contribution in [0.25, 0.3) is 0 Å². The second-order valence-corrected chi connectivity index (χ2v) is 5.31. The molecule has 3 heteroatoms. The molecule has 0 aromatic carbocycles. The number of piperazine rings is 1. The van der Waals surface area contributed by atoms with Gasteiger partial charge in [-0.15, -0.1) is 0 Å². The molecule has 0 aromatic rings. The number of hydrogen-bond acceptors (Lipinski definition) is 2. The lowest BCUT2D eigenvalue weighted by atomic mass is 10.1. The van der Waals surface area contributed by atoms with Crippen molar-refractivity contribution in [3.8, 4) is 0 Å². The van der Waals surface area contributed by atoms with Gasteiger partial charge in [0.2, 0.25) is 0 Å². The molecule has 1 aliphatic rings. The summed E-state index contributed by atoms with van der Waals surface area (Å²) in [5.41, 5.74) is 0. The summed E-state index contributed by atoms with van der Waals surface area (Å²) in [5.74, 6) is 0. The molecule has 0 radical (unpaired) electrons. The third kappa shape index (κ3) is 3.71. The molecule has 1 fully saturated rings. The molecule has 0 saturated carbocycles. The van der Waals surface area contributed by atoms with E-state index in [1.807, 2.05) is 0 Å². The van der Waals surface area contributed by atoms with Gasteiger partial charge in [0.05, 0.1) is 0 Å². The van der Waals surface area contributed by atoms with Gasteiger partial charge in [0.25, 0.3) is 0 Å². The van der Waals surface area contributed by atoms with Crippen molar-refractivity contribution >= 4 is 15.9 Å². The molecule has 82 valence electrons. The molecule has 0 aliphatic carbocycles. The smallest absolute Gasteiger partial charge is 0.0297 e. The van der Waals surface area contributed by atoms with Crippen LogP contribution < -0.4 is 5.32 Å². The van der Waals surface area contributed by atoms with Crippen LogP contribution in [0.3, 0.4) is 0 Å². The van der Waals surface area contributed by atoms with Crippen LogP contribution in [0, 0.1) is 0 Å². The van der Waals surface area contributed by atoms with E-state index in [-0.39, 0.29) is 0 Å². The van der Waals surface area contributed by atoms with E-state index in [2.05, 4.69) is 46.6 Å². The molecule has 1 saturated heterocycles. The van der Waals surface area contributed by atoms with E-state index in [0.717, 1.165) is 24.1 Å². The maximum absolute atomic E-state index is 3.91. The van der Waals surface area contributed by atoms with Crippen LogP contribution in [-0.2, 0) is 0 Å². The predicted octanol–water partition coefficient (Wildman–Crippen LogP) is 2.36. The largest absolute Gasteiger partial charge is 0.311 e. The average molecular weight is 261 g/mol. The first-order valence-corrected chi connectivity index (χ1v) is 6.23.